The summed E-state index contributed by atoms with van der Waals surface area (Å²) in [6.45, 7) is 3.49. The molecule has 26 heavy (non-hydrogen) atoms. The number of nitrogens with one attached hydrogen (secondary N) is 2. The Balaban J connectivity index is 2.43. The quantitative estimate of drug-likeness (QED) is 0.544. The van der Waals surface area contributed by atoms with Crippen LogP contribution in [0.25, 0.3) is 0 Å². The summed E-state index contributed by atoms with van der Waals surface area (Å²) in [6, 6.07) is 6.74. The lowest BCUT2D eigenvalue weighted by molar-refractivity contribution is -0.113. The molecule has 1 aromatic heterocycles. The molecule has 0 radical (unpaired) electrons. The van der Waals surface area contributed by atoms with Crippen LogP contribution in [0.15, 0.2) is 24.3 Å². The molecule has 138 valence electrons. The molecule has 6 nitrogen and oxygen atoms in total. The first kappa shape index (κ1) is 20.2. The van der Waals surface area contributed by atoms with Crippen molar-refractivity contribution in [2.45, 2.75) is 13.8 Å². The van der Waals surface area contributed by atoms with Crippen LogP contribution in [-0.2, 0) is 9.53 Å². The number of carbonyl (C=O) groups excluding carboxylic acids is 3. The van der Waals surface area contributed by atoms with Crippen LogP contribution in [0.2, 0.25) is 5.02 Å². The molecular formula is C17H16Cl2N2O4S. The Morgan fingerprint density at radius 3 is 2.50 bits per heavy atom. The van der Waals surface area contributed by atoms with E-state index >= 15 is 0 Å². The maximum atomic E-state index is 12.8. The Morgan fingerprint density at radius 2 is 1.88 bits per heavy atom. The second-order valence-corrected chi connectivity index (χ2v) is 6.79. The number of esters is 1. The van der Waals surface area contributed by atoms with Crippen molar-refractivity contribution in [3.63, 3.8) is 0 Å². The van der Waals surface area contributed by atoms with Crippen molar-refractivity contribution in [3.8, 4) is 0 Å². The molecule has 0 aliphatic carbocycles. The van der Waals surface area contributed by atoms with E-state index in [4.69, 9.17) is 27.9 Å². The average Bonchev–Trinajstić information content (AvgIpc) is 2.93. The van der Waals surface area contributed by atoms with Gasteiger partial charge in [0.15, 0.2) is 0 Å². The van der Waals surface area contributed by atoms with Gasteiger partial charge in [0, 0.05) is 0 Å². The van der Waals surface area contributed by atoms with Crippen LogP contribution in [0.3, 0.4) is 0 Å². The van der Waals surface area contributed by atoms with Gasteiger partial charge in [-0.3, -0.25) is 9.59 Å². The van der Waals surface area contributed by atoms with Gasteiger partial charge in [-0.15, -0.1) is 22.9 Å². The monoisotopic (exact) mass is 414 g/mol. The number of thiophene rings is 1. The summed E-state index contributed by atoms with van der Waals surface area (Å²) in [5.74, 6) is -1.84. The van der Waals surface area contributed by atoms with Crippen molar-refractivity contribution in [2.24, 2.45) is 0 Å². The highest BCUT2D eigenvalue weighted by molar-refractivity contribution is 7.18. The number of halogens is 2. The molecule has 0 saturated heterocycles. The molecule has 0 saturated carbocycles. The van der Waals surface area contributed by atoms with Crippen LogP contribution in [0, 0.1) is 6.92 Å². The molecule has 0 spiro atoms. The maximum Gasteiger partial charge on any atom is 0.348 e. The second-order valence-electron chi connectivity index (χ2n) is 5.10. The Bertz CT molecular complexity index is 851. The first-order chi connectivity index (χ1) is 12.4. The minimum atomic E-state index is -0.562. The number of amides is 2. The van der Waals surface area contributed by atoms with Gasteiger partial charge in [-0.05, 0) is 31.5 Å². The second kappa shape index (κ2) is 9.02. The van der Waals surface area contributed by atoms with Crippen LogP contribution < -0.4 is 10.6 Å². The minimum Gasteiger partial charge on any atom is -0.462 e. The van der Waals surface area contributed by atoms with Crippen LogP contribution >= 0.6 is 34.5 Å². The van der Waals surface area contributed by atoms with Crippen molar-refractivity contribution in [3.05, 3.63) is 45.3 Å². The van der Waals surface area contributed by atoms with E-state index < -0.39 is 17.8 Å². The van der Waals surface area contributed by atoms with Gasteiger partial charge in [-0.25, -0.2) is 4.79 Å². The number of alkyl halides is 1. The first-order valence-electron chi connectivity index (χ1n) is 7.61. The van der Waals surface area contributed by atoms with Gasteiger partial charge >= 0.3 is 5.97 Å². The van der Waals surface area contributed by atoms with Crippen LogP contribution in [-0.4, -0.2) is 30.3 Å². The number of rotatable bonds is 6. The average molecular weight is 415 g/mol. The van der Waals surface area contributed by atoms with Gasteiger partial charge in [0.2, 0.25) is 5.91 Å². The Hall–Kier alpha value is -2.09. The van der Waals surface area contributed by atoms with Gasteiger partial charge in [-0.1, -0.05) is 23.7 Å². The number of anilines is 2. The van der Waals surface area contributed by atoms with E-state index in [1.165, 1.54) is 0 Å². The van der Waals surface area contributed by atoms with E-state index in [1.54, 1.807) is 38.1 Å². The summed E-state index contributed by atoms with van der Waals surface area (Å²) in [5.41, 5.74) is 0.983. The van der Waals surface area contributed by atoms with Crippen molar-refractivity contribution in [1.29, 1.82) is 0 Å². The van der Waals surface area contributed by atoms with Gasteiger partial charge < -0.3 is 15.4 Å². The Kier molecular flexibility index (Phi) is 7.02. The molecule has 1 heterocycles. The van der Waals surface area contributed by atoms with Crippen LogP contribution in [0.5, 0.6) is 0 Å². The van der Waals surface area contributed by atoms with E-state index in [1.807, 2.05) is 0 Å². The molecule has 0 unspecified atom stereocenters. The highest BCUT2D eigenvalue weighted by Crippen LogP contribution is 2.35. The predicted octanol–water partition coefficient (Wildman–Crippen LogP) is 4.32. The van der Waals surface area contributed by atoms with Gasteiger partial charge in [-0.2, -0.15) is 0 Å². The molecule has 2 N–H and O–H groups in total. The zero-order valence-corrected chi connectivity index (χ0v) is 16.3. The normalized spacial score (nSPS) is 10.3. The third kappa shape index (κ3) is 4.55. The Labute approximate surface area is 164 Å². The summed E-state index contributed by atoms with van der Waals surface area (Å²) in [6.07, 6.45) is 0. The van der Waals surface area contributed by atoms with E-state index in [0.29, 0.717) is 16.3 Å². The fraction of sp³-hybridized carbons (Fsp3) is 0.235. The van der Waals surface area contributed by atoms with Crippen molar-refractivity contribution >= 4 is 63.0 Å². The SMILES string of the molecule is CCOC(=O)c1sc(NC(=O)CCl)c(C(=O)Nc2ccccc2Cl)c1C. The van der Waals surface area contributed by atoms with Crippen molar-refractivity contribution in [2.75, 3.05) is 23.1 Å². The number of ether oxygens (including phenoxy) is 1. The highest BCUT2D eigenvalue weighted by Gasteiger charge is 2.26. The minimum absolute atomic E-state index is 0.163. The zero-order chi connectivity index (χ0) is 19.3. The van der Waals surface area contributed by atoms with E-state index in [-0.39, 0.29) is 27.9 Å². The topological polar surface area (TPSA) is 84.5 Å². The predicted molar refractivity (Wildman–Crippen MR) is 104 cm³/mol. The van der Waals surface area contributed by atoms with E-state index in [0.717, 1.165) is 11.3 Å². The van der Waals surface area contributed by atoms with Gasteiger partial charge in [0.25, 0.3) is 5.91 Å². The molecule has 0 fully saturated rings. The first-order valence-corrected chi connectivity index (χ1v) is 9.34. The lowest BCUT2D eigenvalue weighted by Gasteiger charge is -2.09. The molecule has 0 aliphatic rings. The number of carbonyl (C=O) groups is 3. The standard InChI is InChI=1S/C17H16Cl2N2O4S/c1-3-25-17(24)14-9(2)13(16(26-14)21-12(22)8-18)15(23)20-11-7-5-4-6-10(11)19/h4-7H,3,8H2,1-2H3,(H,20,23)(H,21,22). The summed E-state index contributed by atoms with van der Waals surface area (Å²) in [5, 5.41) is 5.82. The van der Waals surface area contributed by atoms with Gasteiger partial charge in [0.1, 0.15) is 15.8 Å². The molecular weight excluding hydrogens is 399 g/mol. The van der Waals surface area contributed by atoms with Crippen LogP contribution in [0.1, 0.15) is 32.5 Å². The smallest absolute Gasteiger partial charge is 0.348 e. The van der Waals surface area contributed by atoms with E-state index in [9.17, 15) is 14.4 Å². The lowest BCUT2D eigenvalue weighted by atomic mass is 10.1. The molecule has 9 heteroatoms. The van der Waals surface area contributed by atoms with E-state index in [2.05, 4.69) is 10.6 Å². The lowest BCUT2D eigenvalue weighted by Crippen LogP contribution is -2.18. The largest absolute Gasteiger partial charge is 0.462 e. The summed E-state index contributed by atoms with van der Waals surface area (Å²) in [7, 11) is 0. The molecule has 0 bridgehead atoms. The molecule has 1 aromatic carbocycles. The number of hydrogen-bond acceptors (Lipinski definition) is 5. The van der Waals surface area contributed by atoms with Crippen molar-refractivity contribution in [1.82, 2.24) is 0 Å². The molecule has 0 aliphatic heterocycles. The third-order valence-corrected chi connectivity index (χ3v) is 5.09. The van der Waals surface area contributed by atoms with Crippen molar-refractivity contribution < 1.29 is 19.1 Å². The van der Waals surface area contributed by atoms with Gasteiger partial charge in [0.05, 0.1) is 22.9 Å². The molecule has 2 aromatic rings. The molecule has 2 rings (SSSR count). The Morgan fingerprint density at radius 1 is 1.19 bits per heavy atom. The summed E-state index contributed by atoms with van der Waals surface area (Å²) in [4.78, 5) is 36.8. The summed E-state index contributed by atoms with van der Waals surface area (Å²) >= 11 is 12.6. The number of hydrogen-bond donors (Lipinski definition) is 2. The highest BCUT2D eigenvalue weighted by atomic mass is 35.5. The zero-order valence-electron chi connectivity index (χ0n) is 14.0. The molecule has 2 amide bonds. The van der Waals surface area contributed by atoms with Crippen LogP contribution in [0.4, 0.5) is 10.7 Å². The number of benzene rings is 1. The number of para-hydroxylation sites is 1. The third-order valence-electron chi connectivity index (χ3n) is 3.33. The maximum absolute atomic E-state index is 12.8. The molecule has 0 atom stereocenters. The fourth-order valence-corrected chi connectivity index (χ4v) is 3.54. The fourth-order valence-electron chi connectivity index (χ4n) is 2.17. The summed E-state index contributed by atoms with van der Waals surface area (Å²) < 4.78 is 5.01.